The summed E-state index contributed by atoms with van der Waals surface area (Å²) in [5.74, 6) is 2.03. The van der Waals surface area contributed by atoms with Crippen LogP contribution in [0.3, 0.4) is 0 Å². The van der Waals surface area contributed by atoms with Crippen LogP contribution in [0.4, 0.5) is 0 Å². The first-order valence-electron chi connectivity index (χ1n) is 10.5. The average Bonchev–Trinajstić information content (AvgIpc) is 2.91. The summed E-state index contributed by atoms with van der Waals surface area (Å²) in [4.78, 5) is 22.6. The van der Waals surface area contributed by atoms with E-state index < -0.39 is 0 Å². The highest BCUT2D eigenvalue weighted by molar-refractivity contribution is 6.13. The van der Waals surface area contributed by atoms with Gasteiger partial charge in [-0.05, 0) is 47.5 Å². The second kappa shape index (κ2) is 10.0. The number of pyridine rings is 2. The second-order valence-electron chi connectivity index (χ2n) is 7.27. The maximum Gasteiger partial charge on any atom is 0.230 e. The zero-order valence-corrected chi connectivity index (χ0v) is 19.4. The molecule has 7 nitrogen and oxygen atoms in total. The number of carbonyl (C=O) groups is 1. The topological polar surface area (TPSA) is 79.8 Å². The minimum Gasteiger partial charge on any atom is -0.493 e. The van der Waals surface area contributed by atoms with Crippen molar-refractivity contribution in [2.45, 2.75) is 0 Å². The highest BCUT2D eigenvalue weighted by Crippen LogP contribution is 2.36. The van der Waals surface area contributed by atoms with Crippen LogP contribution in [0.25, 0.3) is 22.3 Å². The molecule has 0 bridgehead atoms. The van der Waals surface area contributed by atoms with Gasteiger partial charge in [-0.1, -0.05) is 24.3 Å². The average molecular weight is 456 g/mol. The van der Waals surface area contributed by atoms with Crippen LogP contribution < -0.4 is 18.9 Å². The Morgan fingerprint density at radius 3 is 1.38 bits per heavy atom. The lowest BCUT2D eigenvalue weighted by Gasteiger charge is -2.14. The third-order valence-corrected chi connectivity index (χ3v) is 5.43. The summed E-state index contributed by atoms with van der Waals surface area (Å²) < 4.78 is 21.5. The normalized spacial score (nSPS) is 10.5. The van der Waals surface area contributed by atoms with Crippen molar-refractivity contribution >= 4 is 5.78 Å². The number of aromatic nitrogens is 2. The van der Waals surface area contributed by atoms with E-state index in [2.05, 4.69) is 9.97 Å². The van der Waals surface area contributed by atoms with Crippen molar-refractivity contribution in [3.8, 4) is 45.3 Å². The highest BCUT2D eigenvalue weighted by atomic mass is 16.5. The molecule has 0 unspecified atom stereocenters. The van der Waals surface area contributed by atoms with Crippen LogP contribution in [0, 0.1) is 0 Å². The molecule has 0 fully saturated rings. The zero-order valence-electron chi connectivity index (χ0n) is 19.4. The number of hydrogen-bond donors (Lipinski definition) is 0. The van der Waals surface area contributed by atoms with Gasteiger partial charge in [0.05, 0.1) is 28.4 Å². The van der Waals surface area contributed by atoms with E-state index in [-0.39, 0.29) is 17.2 Å². The lowest BCUT2D eigenvalue weighted by atomic mass is 9.96. The molecule has 0 N–H and O–H groups in total. The lowest BCUT2D eigenvalue weighted by Crippen LogP contribution is -2.10. The number of rotatable bonds is 8. The molecule has 0 spiro atoms. The predicted molar refractivity (Wildman–Crippen MR) is 129 cm³/mol. The maximum atomic E-state index is 13.8. The molecule has 0 saturated carbocycles. The summed E-state index contributed by atoms with van der Waals surface area (Å²) in [6, 6.07) is 18.2. The van der Waals surface area contributed by atoms with Gasteiger partial charge in [0.2, 0.25) is 5.78 Å². The highest BCUT2D eigenvalue weighted by Gasteiger charge is 2.22. The first kappa shape index (κ1) is 22.8. The van der Waals surface area contributed by atoms with Crippen LogP contribution in [0.5, 0.6) is 23.0 Å². The van der Waals surface area contributed by atoms with Crippen LogP contribution >= 0.6 is 0 Å². The minimum atomic E-state index is -0.296. The lowest BCUT2D eigenvalue weighted by molar-refractivity contribution is 0.103. The van der Waals surface area contributed by atoms with Gasteiger partial charge in [-0.15, -0.1) is 0 Å². The summed E-state index contributed by atoms with van der Waals surface area (Å²) >= 11 is 0. The number of nitrogens with zero attached hydrogens (tertiary/aromatic N) is 2. The SMILES string of the molecule is COc1ccc(-c2cccnc2C(=O)c2ncccc2-c2ccc(OC)c(OC)c2)cc1OC. The third-order valence-electron chi connectivity index (χ3n) is 5.43. The predicted octanol–water partition coefficient (Wildman–Crippen LogP) is 5.08. The standard InChI is InChI=1S/C27H24N2O5/c1-31-21-11-9-17(15-23(21)33-3)19-7-5-13-28-25(19)27(30)26-20(8-6-14-29-26)18-10-12-22(32-2)24(16-18)34-4/h5-16H,1-4H3. The van der Waals surface area contributed by atoms with Gasteiger partial charge >= 0.3 is 0 Å². The first-order valence-corrected chi connectivity index (χ1v) is 10.5. The van der Waals surface area contributed by atoms with Crippen molar-refractivity contribution in [2.75, 3.05) is 28.4 Å². The van der Waals surface area contributed by atoms with Crippen LogP contribution in [0.2, 0.25) is 0 Å². The summed E-state index contributed by atoms with van der Waals surface area (Å²) in [6.07, 6.45) is 3.19. The number of carbonyl (C=O) groups excluding carboxylic acids is 1. The van der Waals surface area contributed by atoms with Crippen molar-refractivity contribution < 1.29 is 23.7 Å². The molecule has 0 aliphatic carbocycles. The molecule has 2 heterocycles. The number of ether oxygens (including phenoxy) is 4. The fourth-order valence-electron chi connectivity index (χ4n) is 3.76. The molecule has 4 rings (SSSR count). The third kappa shape index (κ3) is 4.28. The zero-order chi connectivity index (χ0) is 24.1. The smallest absolute Gasteiger partial charge is 0.230 e. The quantitative estimate of drug-likeness (QED) is 0.342. The fourth-order valence-corrected chi connectivity index (χ4v) is 3.76. The molecule has 34 heavy (non-hydrogen) atoms. The van der Waals surface area contributed by atoms with Crippen LogP contribution in [0.1, 0.15) is 16.2 Å². The van der Waals surface area contributed by atoms with E-state index in [0.717, 1.165) is 11.1 Å². The Morgan fingerprint density at radius 2 is 1.00 bits per heavy atom. The molecular formula is C27H24N2O5. The molecular weight excluding hydrogens is 432 g/mol. The van der Waals surface area contributed by atoms with Gasteiger partial charge in [-0.3, -0.25) is 14.8 Å². The van der Waals surface area contributed by atoms with Gasteiger partial charge in [0.1, 0.15) is 11.4 Å². The van der Waals surface area contributed by atoms with E-state index in [1.807, 2.05) is 36.4 Å². The van der Waals surface area contributed by atoms with E-state index in [0.29, 0.717) is 34.1 Å². The number of benzene rings is 2. The molecule has 172 valence electrons. The minimum absolute atomic E-state index is 0.287. The largest absolute Gasteiger partial charge is 0.493 e. The van der Waals surface area contributed by atoms with Crippen LogP contribution in [-0.4, -0.2) is 44.2 Å². The van der Waals surface area contributed by atoms with Crippen molar-refractivity contribution in [3.05, 3.63) is 84.4 Å². The van der Waals surface area contributed by atoms with E-state index in [1.54, 1.807) is 65.1 Å². The summed E-state index contributed by atoms with van der Waals surface area (Å²) in [5, 5.41) is 0. The monoisotopic (exact) mass is 456 g/mol. The van der Waals surface area contributed by atoms with Gasteiger partial charge in [-0.2, -0.15) is 0 Å². The molecule has 0 atom stereocenters. The molecule has 7 heteroatoms. The molecule has 2 aromatic carbocycles. The van der Waals surface area contributed by atoms with E-state index in [9.17, 15) is 4.79 Å². The maximum absolute atomic E-state index is 13.8. The fraction of sp³-hybridized carbons (Fsp3) is 0.148. The summed E-state index contributed by atoms with van der Waals surface area (Å²) in [5.41, 5.74) is 3.45. The van der Waals surface area contributed by atoms with Gasteiger partial charge in [0.25, 0.3) is 0 Å². The van der Waals surface area contributed by atoms with Crippen molar-refractivity contribution in [1.29, 1.82) is 0 Å². The van der Waals surface area contributed by atoms with E-state index in [1.165, 1.54) is 0 Å². The molecule has 0 radical (unpaired) electrons. The Hall–Kier alpha value is -4.39. The summed E-state index contributed by atoms with van der Waals surface area (Å²) in [7, 11) is 6.29. The Balaban J connectivity index is 1.81. The van der Waals surface area contributed by atoms with Crippen LogP contribution in [-0.2, 0) is 0 Å². The molecule has 2 aromatic heterocycles. The second-order valence-corrected chi connectivity index (χ2v) is 7.27. The Kier molecular flexibility index (Phi) is 6.73. The Labute approximate surface area is 197 Å². The van der Waals surface area contributed by atoms with Gasteiger partial charge in [-0.25, -0.2) is 0 Å². The molecule has 4 aromatic rings. The summed E-state index contributed by atoms with van der Waals surface area (Å²) in [6.45, 7) is 0. The van der Waals surface area contributed by atoms with Gasteiger partial charge < -0.3 is 18.9 Å². The van der Waals surface area contributed by atoms with Crippen molar-refractivity contribution in [3.63, 3.8) is 0 Å². The molecule has 0 amide bonds. The van der Waals surface area contributed by atoms with E-state index >= 15 is 0 Å². The van der Waals surface area contributed by atoms with Gasteiger partial charge in [0.15, 0.2) is 23.0 Å². The Morgan fingerprint density at radius 1 is 0.588 bits per heavy atom. The van der Waals surface area contributed by atoms with E-state index in [4.69, 9.17) is 18.9 Å². The number of methoxy groups -OCH3 is 4. The van der Waals surface area contributed by atoms with Crippen molar-refractivity contribution in [1.82, 2.24) is 9.97 Å². The first-order chi connectivity index (χ1) is 16.6. The molecule has 0 aliphatic heterocycles. The Bertz CT molecular complexity index is 1240. The van der Waals surface area contributed by atoms with Crippen LogP contribution in [0.15, 0.2) is 73.1 Å². The molecule has 0 aliphatic rings. The van der Waals surface area contributed by atoms with Crippen molar-refractivity contribution in [2.24, 2.45) is 0 Å². The number of ketones is 1. The molecule has 0 saturated heterocycles. The number of hydrogen-bond acceptors (Lipinski definition) is 7. The van der Waals surface area contributed by atoms with Gasteiger partial charge in [0, 0.05) is 23.5 Å².